The molecule has 10 nitrogen and oxygen atoms in total. The van der Waals surface area contributed by atoms with E-state index >= 15 is 0 Å². The van der Waals surface area contributed by atoms with Gasteiger partial charge in [-0.15, -0.1) is 0 Å². The number of aliphatic hydroxyl groups is 2. The number of carbonyl (C=O) groups is 3. The summed E-state index contributed by atoms with van der Waals surface area (Å²) in [7, 11) is 1.96. The Kier molecular flexibility index (Phi) is 15.0. The second-order valence-electron chi connectivity index (χ2n) is 15.4. The average molecular weight is 714 g/mol. The smallest absolute Gasteiger partial charge is 0.353 e. The first-order chi connectivity index (χ1) is 24.4. The fourth-order valence-electron chi connectivity index (χ4n) is 8.56. The average Bonchev–Trinajstić information content (AvgIpc) is 3.47. The number of piperidine rings is 1. The fraction of sp³-hybridized carbons (Fsp3) is 0.732. The maximum atomic E-state index is 13.6. The number of ether oxygens (including phenoxy) is 3. The van der Waals surface area contributed by atoms with Crippen molar-refractivity contribution in [3.63, 3.8) is 0 Å². The number of unbranched alkanes of at least 4 members (excludes halogenated alkanes) is 12. The Balaban J connectivity index is 1.35. The maximum Gasteiger partial charge on any atom is 0.353 e. The number of rotatable bonds is 21. The molecular weight excluding hydrogens is 650 g/mol. The molecule has 1 aromatic rings. The van der Waals surface area contributed by atoms with Crippen molar-refractivity contribution in [2.75, 3.05) is 13.6 Å². The van der Waals surface area contributed by atoms with Crippen LogP contribution >= 0.6 is 0 Å². The molecule has 1 aliphatic carbocycles. The van der Waals surface area contributed by atoms with Gasteiger partial charge in [0.15, 0.2) is 6.10 Å². The summed E-state index contributed by atoms with van der Waals surface area (Å²) in [4.78, 5) is 40.6. The molecule has 10 heteroatoms. The van der Waals surface area contributed by atoms with Crippen molar-refractivity contribution >= 4 is 17.9 Å². The first-order valence-electron chi connectivity index (χ1n) is 19.6. The highest BCUT2D eigenvalue weighted by Gasteiger charge is 2.69. The van der Waals surface area contributed by atoms with Crippen molar-refractivity contribution in [3.8, 4) is 5.75 Å². The minimum atomic E-state index is -1.64. The van der Waals surface area contributed by atoms with Crippen LogP contribution in [-0.4, -0.2) is 75.6 Å². The maximum absolute atomic E-state index is 13.6. The Morgan fingerprint density at radius 3 is 2.18 bits per heavy atom. The van der Waals surface area contributed by atoms with Crippen LogP contribution in [0.1, 0.15) is 147 Å². The summed E-state index contributed by atoms with van der Waals surface area (Å²) < 4.78 is 17.9. The number of aryl methyl sites for hydroxylation is 1. The van der Waals surface area contributed by atoms with E-state index < -0.39 is 53.5 Å². The highest BCUT2D eigenvalue weighted by atomic mass is 16.6. The highest BCUT2D eigenvalue weighted by Crippen LogP contribution is 2.61. The molecule has 2 aliphatic heterocycles. The van der Waals surface area contributed by atoms with Gasteiger partial charge in [0.25, 0.3) is 0 Å². The third-order valence-corrected chi connectivity index (χ3v) is 11.8. The van der Waals surface area contributed by atoms with Crippen LogP contribution in [0.15, 0.2) is 24.0 Å². The second kappa shape index (κ2) is 18.7. The zero-order valence-electron chi connectivity index (χ0n) is 31.7. The van der Waals surface area contributed by atoms with Crippen molar-refractivity contribution in [3.05, 3.63) is 40.7 Å². The van der Waals surface area contributed by atoms with Crippen LogP contribution in [0.3, 0.4) is 0 Å². The van der Waals surface area contributed by atoms with Gasteiger partial charge in [-0.1, -0.05) is 109 Å². The molecular formula is C41H63NO9. The molecule has 286 valence electrons. The van der Waals surface area contributed by atoms with Crippen LogP contribution in [0.4, 0.5) is 0 Å². The molecule has 1 fully saturated rings. The van der Waals surface area contributed by atoms with Gasteiger partial charge in [-0.25, -0.2) is 4.79 Å². The van der Waals surface area contributed by atoms with Gasteiger partial charge in [0.1, 0.15) is 11.5 Å². The Hall–Kier alpha value is -2.95. The number of carbonyl (C=O) groups excluding carboxylic acids is 2. The molecule has 4 rings (SSSR count). The number of aliphatic hydroxyl groups excluding tert-OH is 1. The van der Waals surface area contributed by atoms with Gasteiger partial charge >= 0.3 is 17.9 Å². The van der Waals surface area contributed by atoms with Crippen molar-refractivity contribution in [2.45, 2.75) is 173 Å². The van der Waals surface area contributed by atoms with Gasteiger partial charge in [-0.2, -0.15) is 0 Å². The van der Waals surface area contributed by atoms with Crippen molar-refractivity contribution in [2.24, 2.45) is 5.92 Å². The predicted molar refractivity (Wildman–Crippen MR) is 195 cm³/mol. The zero-order chi connectivity index (χ0) is 37.2. The first-order valence-corrected chi connectivity index (χ1v) is 19.6. The molecule has 0 amide bonds. The Morgan fingerprint density at radius 1 is 0.980 bits per heavy atom. The molecule has 0 aromatic heterocycles. The van der Waals surface area contributed by atoms with Gasteiger partial charge in [0.2, 0.25) is 6.10 Å². The number of carboxylic acids is 1. The number of aliphatic carboxylic acids is 1. The summed E-state index contributed by atoms with van der Waals surface area (Å²) in [5.74, 6) is -2.80. The van der Waals surface area contributed by atoms with Crippen LogP contribution in [0.25, 0.3) is 0 Å². The summed E-state index contributed by atoms with van der Waals surface area (Å²) in [5, 5.41) is 32.3. The number of benzene rings is 1. The number of esters is 2. The topological polar surface area (TPSA) is 143 Å². The molecule has 1 unspecified atom stereocenters. The molecule has 0 radical (unpaired) electrons. The van der Waals surface area contributed by atoms with Crippen LogP contribution < -0.4 is 4.74 Å². The molecule has 6 atom stereocenters. The van der Waals surface area contributed by atoms with E-state index in [1.165, 1.54) is 64.2 Å². The van der Waals surface area contributed by atoms with Gasteiger partial charge in [0.05, 0.1) is 30.0 Å². The van der Waals surface area contributed by atoms with E-state index in [1.54, 1.807) is 19.1 Å². The molecule has 1 aromatic carbocycles. The number of carboxylic acid groups (broad SMARTS) is 1. The quantitative estimate of drug-likeness (QED) is 0.0879. The molecule has 0 saturated carbocycles. The third kappa shape index (κ3) is 9.17. The molecule has 1 saturated heterocycles. The minimum absolute atomic E-state index is 0.146. The molecule has 2 heterocycles. The van der Waals surface area contributed by atoms with E-state index in [-0.39, 0.29) is 24.8 Å². The lowest BCUT2D eigenvalue weighted by molar-refractivity contribution is -0.176. The summed E-state index contributed by atoms with van der Waals surface area (Å²) in [6.07, 6.45) is 15.5. The zero-order valence-corrected chi connectivity index (χ0v) is 31.7. The number of hydrogen-bond acceptors (Lipinski definition) is 9. The third-order valence-electron chi connectivity index (χ3n) is 11.8. The normalized spacial score (nSPS) is 25.1. The largest absolute Gasteiger partial charge is 0.481 e. The lowest BCUT2D eigenvalue weighted by atomic mass is 9.54. The monoisotopic (exact) mass is 713 g/mol. The van der Waals surface area contributed by atoms with E-state index in [2.05, 4.69) is 11.8 Å². The lowest BCUT2D eigenvalue weighted by Crippen LogP contribution is -2.71. The molecule has 1 spiro atoms. The van der Waals surface area contributed by atoms with E-state index in [9.17, 15) is 29.7 Å². The van der Waals surface area contributed by atoms with Gasteiger partial charge in [0, 0.05) is 23.6 Å². The Labute approximate surface area is 304 Å². The second-order valence-corrected chi connectivity index (χ2v) is 15.4. The van der Waals surface area contributed by atoms with E-state index in [4.69, 9.17) is 14.2 Å². The number of hydrogen-bond donors (Lipinski definition) is 3. The lowest BCUT2D eigenvalue weighted by Gasteiger charge is -2.58. The number of likely N-dealkylation sites (N-methyl/N-ethyl adjacent to an activating group) is 1. The first kappa shape index (κ1) is 40.8. The molecule has 3 aliphatic rings. The molecule has 0 bridgehead atoms. The minimum Gasteiger partial charge on any atom is -0.481 e. The summed E-state index contributed by atoms with van der Waals surface area (Å²) in [6, 6.07) is 3.42. The highest BCUT2D eigenvalue weighted by molar-refractivity contribution is 5.85. The van der Waals surface area contributed by atoms with Crippen LogP contribution in [0, 0.1) is 12.8 Å². The fourth-order valence-corrected chi connectivity index (χ4v) is 8.56. The van der Waals surface area contributed by atoms with Gasteiger partial charge < -0.3 is 34.4 Å². The van der Waals surface area contributed by atoms with Crippen molar-refractivity contribution in [1.29, 1.82) is 0 Å². The van der Waals surface area contributed by atoms with E-state index in [0.29, 0.717) is 30.7 Å². The molecule has 51 heavy (non-hydrogen) atoms. The van der Waals surface area contributed by atoms with Crippen LogP contribution in [0.2, 0.25) is 0 Å². The van der Waals surface area contributed by atoms with Crippen molar-refractivity contribution < 1.29 is 43.9 Å². The SMILES string of the molecule is CCCCCCCCCCCCCCCC(C)C(=O)O[C@@H](CC(=O)O)C(=O)OC1=CC[C@@]2(O)[C@@H](C)N(C)CC[C@@]23c2c(C)ccc(CO)c2O[C@@H]13. The van der Waals surface area contributed by atoms with Crippen LogP contribution in [-0.2, 0) is 35.9 Å². The van der Waals surface area contributed by atoms with Gasteiger partial charge in [-0.3, -0.25) is 9.59 Å². The van der Waals surface area contributed by atoms with E-state index in [0.717, 1.165) is 30.4 Å². The molecule has 3 N–H and O–H groups in total. The Bertz CT molecular complexity index is 1380. The summed E-state index contributed by atoms with van der Waals surface area (Å²) in [5.41, 5.74) is -0.0361. The predicted octanol–water partition coefficient (Wildman–Crippen LogP) is 7.28. The van der Waals surface area contributed by atoms with E-state index in [1.807, 2.05) is 27.0 Å². The number of nitrogens with zero attached hydrogens (tertiary/aromatic N) is 1. The summed E-state index contributed by atoms with van der Waals surface area (Å²) >= 11 is 0. The van der Waals surface area contributed by atoms with Gasteiger partial charge in [-0.05, 0) is 51.9 Å². The van der Waals surface area contributed by atoms with Crippen molar-refractivity contribution in [1.82, 2.24) is 4.90 Å². The number of fused-ring (bicyclic) bond motifs is 1. The van der Waals surface area contributed by atoms with Crippen LogP contribution in [0.5, 0.6) is 5.75 Å². The number of likely N-dealkylation sites (tertiary alicyclic amines) is 1. The standard InChI is InChI=1S/C41H63NO9/c1-6-7-8-9-10-11-12-13-14-15-16-17-18-19-29(3)38(46)50-33(26-34(44)45)39(47)49-32-22-23-41(48)30(4)42(5)25-24-40(41)35-28(2)20-21-31(27-43)36(35)51-37(32)40/h20-22,29-30,33,37,43,48H,6-19,23-27H2,1-5H3,(H,44,45)/t29?,30-,33+,37+,40+,41-/m1/s1. The summed E-state index contributed by atoms with van der Waals surface area (Å²) in [6.45, 7) is 8.26. The Morgan fingerprint density at radius 2 is 1.59 bits per heavy atom.